The summed E-state index contributed by atoms with van der Waals surface area (Å²) in [7, 11) is 0. The normalized spacial score (nSPS) is 30.2. The van der Waals surface area contributed by atoms with Crippen molar-refractivity contribution >= 4 is 40.5 Å². The fraction of sp³-hybridized carbons (Fsp3) is 0.480. The summed E-state index contributed by atoms with van der Waals surface area (Å²) in [5, 5.41) is 16.3. The molecule has 1 aromatic carbocycles. The lowest BCUT2D eigenvalue weighted by molar-refractivity contribution is -0.111. The number of anilines is 4. The third-order valence-corrected chi connectivity index (χ3v) is 7.39. The highest BCUT2D eigenvalue weighted by Crippen LogP contribution is 2.39. The number of ether oxygens (including phenoxy) is 4. The number of carbonyl (C=O) groups is 1. The second-order valence-corrected chi connectivity index (χ2v) is 10.1. The van der Waals surface area contributed by atoms with Gasteiger partial charge in [0.2, 0.25) is 17.7 Å². The number of aliphatic hydroxyl groups is 1. The lowest BCUT2D eigenvalue weighted by Crippen LogP contribution is -2.34. The van der Waals surface area contributed by atoms with Gasteiger partial charge in [0.1, 0.15) is 23.3 Å². The molecular weight excluding hydrogens is 502 g/mol. The first kappa shape index (κ1) is 24.4. The van der Waals surface area contributed by atoms with Crippen molar-refractivity contribution in [3.05, 3.63) is 42.1 Å². The number of hydrogen-bond acceptors (Lipinski definition) is 10. The summed E-state index contributed by atoms with van der Waals surface area (Å²) >= 11 is 6.30. The third kappa shape index (κ3) is 4.85. The second kappa shape index (κ2) is 10.1. The van der Waals surface area contributed by atoms with Crippen LogP contribution in [0.2, 0.25) is 5.02 Å². The molecule has 5 heterocycles. The van der Waals surface area contributed by atoms with Crippen LogP contribution < -0.4 is 20.3 Å². The first-order valence-electron chi connectivity index (χ1n) is 12.3. The topological polar surface area (TPSA) is 127 Å². The van der Waals surface area contributed by atoms with Crippen molar-refractivity contribution in [3.63, 3.8) is 0 Å². The molecule has 4 aliphatic rings. The Morgan fingerprint density at radius 3 is 2.95 bits per heavy atom. The molecule has 2 bridgehead atoms. The summed E-state index contributed by atoms with van der Waals surface area (Å²) in [6.45, 7) is 6.34. The van der Waals surface area contributed by atoms with Gasteiger partial charge in [0.15, 0.2) is 6.10 Å². The minimum absolute atomic E-state index is 0.180. The summed E-state index contributed by atoms with van der Waals surface area (Å²) in [4.78, 5) is 23.2. The molecule has 196 valence electrons. The van der Waals surface area contributed by atoms with Gasteiger partial charge in [-0.1, -0.05) is 18.2 Å². The smallest absolute Gasteiger partial charge is 0.247 e. The highest BCUT2D eigenvalue weighted by atomic mass is 35.5. The molecule has 0 spiro atoms. The highest BCUT2D eigenvalue weighted by Gasteiger charge is 2.48. The van der Waals surface area contributed by atoms with Gasteiger partial charge in [-0.25, -0.2) is 4.98 Å². The van der Waals surface area contributed by atoms with Crippen molar-refractivity contribution in [1.82, 2.24) is 9.97 Å². The van der Waals surface area contributed by atoms with Crippen LogP contribution in [0.15, 0.2) is 37.1 Å². The number of fused-ring (bicyclic) bond motifs is 3. The summed E-state index contributed by atoms with van der Waals surface area (Å²) in [6, 6.07) is 5.99. The Kier molecular flexibility index (Phi) is 6.63. The molecule has 0 unspecified atom stereocenters. The van der Waals surface area contributed by atoms with Crippen LogP contribution in [0.25, 0.3) is 0 Å². The quantitative estimate of drug-likeness (QED) is 0.459. The van der Waals surface area contributed by atoms with E-state index in [0.717, 1.165) is 25.3 Å². The van der Waals surface area contributed by atoms with Gasteiger partial charge in [0, 0.05) is 18.2 Å². The minimum atomic E-state index is -0.678. The number of hydrogen-bond donors (Lipinski definition) is 3. The molecule has 6 rings (SSSR count). The zero-order chi connectivity index (χ0) is 25.5. The average Bonchev–Trinajstić information content (AvgIpc) is 3.56. The largest absolute Gasteiger partial charge is 0.468 e. The molecule has 4 aliphatic heterocycles. The van der Waals surface area contributed by atoms with E-state index in [1.54, 1.807) is 0 Å². The molecule has 0 aliphatic carbocycles. The Bertz CT molecular complexity index is 1200. The Balaban J connectivity index is 1.22. The summed E-state index contributed by atoms with van der Waals surface area (Å²) in [5.41, 5.74) is 2.25. The number of aliphatic hydroxyl groups excluding tert-OH is 1. The van der Waals surface area contributed by atoms with E-state index < -0.39 is 24.4 Å². The number of benzene rings is 1. The van der Waals surface area contributed by atoms with E-state index in [2.05, 4.69) is 32.1 Å². The van der Waals surface area contributed by atoms with E-state index in [0.29, 0.717) is 23.9 Å². The van der Waals surface area contributed by atoms with Gasteiger partial charge in [-0.15, -0.1) is 0 Å². The van der Waals surface area contributed by atoms with Crippen molar-refractivity contribution in [1.29, 1.82) is 0 Å². The van der Waals surface area contributed by atoms with Crippen molar-refractivity contribution in [2.75, 3.05) is 48.5 Å². The number of rotatable bonds is 7. The van der Waals surface area contributed by atoms with Crippen LogP contribution >= 0.6 is 11.6 Å². The summed E-state index contributed by atoms with van der Waals surface area (Å²) < 4.78 is 23.0. The van der Waals surface area contributed by atoms with E-state index in [1.807, 2.05) is 18.2 Å². The zero-order valence-electron chi connectivity index (χ0n) is 20.0. The summed E-state index contributed by atoms with van der Waals surface area (Å²) in [6.07, 6.45) is 1.82. The second-order valence-electron chi connectivity index (χ2n) is 9.66. The van der Waals surface area contributed by atoms with Gasteiger partial charge in [-0.2, -0.15) is 4.98 Å². The molecule has 11 nitrogen and oxygen atoms in total. The van der Waals surface area contributed by atoms with Crippen molar-refractivity contribution in [3.8, 4) is 5.88 Å². The number of halogens is 1. The lowest BCUT2D eigenvalue weighted by Gasteiger charge is -2.28. The number of nitrogens with one attached hydrogen (secondary N) is 2. The van der Waals surface area contributed by atoms with Gasteiger partial charge in [-0.05, 0) is 30.7 Å². The molecule has 1 aromatic heterocycles. The van der Waals surface area contributed by atoms with E-state index in [4.69, 9.17) is 30.5 Å². The van der Waals surface area contributed by atoms with Crippen LogP contribution in [0.4, 0.5) is 23.0 Å². The third-order valence-electron chi connectivity index (χ3n) is 7.13. The van der Waals surface area contributed by atoms with Crippen LogP contribution in [0, 0.1) is 5.92 Å². The molecule has 4 fully saturated rings. The summed E-state index contributed by atoms with van der Waals surface area (Å²) in [5.74, 6) is 0.631. The van der Waals surface area contributed by atoms with E-state index in [1.165, 1.54) is 12.3 Å². The minimum Gasteiger partial charge on any atom is -0.468 e. The molecule has 0 saturated carbocycles. The maximum Gasteiger partial charge on any atom is 0.247 e. The average molecular weight is 530 g/mol. The number of carbonyl (C=O) groups excluding carboxylic acids is 1. The van der Waals surface area contributed by atoms with E-state index >= 15 is 0 Å². The van der Waals surface area contributed by atoms with Crippen LogP contribution in [0.1, 0.15) is 6.42 Å². The molecule has 12 heteroatoms. The molecule has 1 amide bonds. The molecule has 3 N–H and O–H groups in total. The SMILES string of the molecule is C=CC(=O)Nc1cc(Nc2ncc(Cl)c(O[C@@H]3CO[C@H]4[C@@H]3OC[C@H]4O)n2)ccc1N1C[C@H]2COC[C@@H]1C2. The van der Waals surface area contributed by atoms with Crippen LogP contribution in [-0.2, 0) is 19.0 Å². The standard InChI is InChI=1S/C25H28ClN5O6/c1-2-21(33)29-17-6-14(3-4-18(17)31-8-13-5-15(31)10-34-9-13)28-25-27-7-16(26)24(30-25)37-20-12-36-22-19(32)11-35-23(20)22/h2-4,6-7,13,15,19-20,22-23,32H,1,5,8-12H2,(H,29,33)(H,27,28,30)/t13-,15-,19+,20+,22+,23+/m0/s1. The van der Waals surface area contributed by atoms with E-state index in [9.17, 15) is 9.90 Å². The maximum atomic E-state index is 12.2. The van der Waals surface area contributed by atoms with Crippen LogP contribution in [0.3, 0.4) is 0 Å². The molecule has 0 radical (unpaired) electrons. The highest BCUT2D eigenvalue weighted by molar-refractivity contribution is 6.31. The molecule has 37 heavy (non-hydrogen) atoms. The molecular formula is C25H28ClN5O6. The van der Waals surface area contributed by atoms with Crippen LogP contribution in [-0.4, -0.2) is 84.4 Å². The Morgan fingerprint density at radius 2 is 2.11 bits per heavy atom. The number of aromatic nitrogens is 2. The predicted octanol–water partition coefficient (Wildman–Crippen LogP) is 2.13. The van der Waals surface area contributed by atoms with Crippen molar-refractivity contribution in [2.45, 2.75) is 36.9 Å². The van der Waals surface area contributed by atoms with Gasteiger partial charge < -0.3 is 39.6 Å². The number of amides is 1. The first-order chi connectivity index (χ1) is 18.0. The van der Waals surface area contributed by atoms with Gasteiger partial charge >= 0.3 is 0 Å². The Hall–Kier alpha value is -2.96. The van der Waals surface area contributed by atoms with Gasteiger partial charge in [-0.3, -0.25) is 4.79 Å². The van der Waals surface area contributed by atoms with Gasteiger partial charge in [0.25, 0.3) is 0 Å². The van der Waals surface area contributed by atoms with Crippen molar-refractivity contribution < 1.29 is 28.8 Å². The molecule has 6 atom stereocenters. The predicted molar refractivity (Wildman–Crippen MR) is 136 cm³/mol. The zero-order valence-corrected chi connectivity index (χ0v) is 20.8. The van der Waals surface area contributed by atoms with E-state index in [-0.39, 0.29) is 42.0 Å². The Labute approximate surface area is 218 Å². The maximum absolute atomic E-state index is 12.2. The molecule has 2 aromatic rings. The fourth-order valence-corrected chi connectivity index (χ4v) is 5.55. The van der Waals surface area contributed by atoms with Crippen LogP contribution in [0.5, 0.6) is 5.88 Å². The van der Waals surface area contributed by atoms with Crippen molar-refractivity contribution in [2.24, 2.45) is 5.92 Å². The number of nitrogens with zero attached hydrogens (tertiary/aromatic N) is 3. The fourth-order valence-electron chi connectivity index (χ4n) is 5.42. The Morgan fingerprint density at radius 1 is 1.24 bits per heavy atom. The molecule has 4 saturated heterocycles. The lowest BCUT2D eigenvalue weighted by atomic mass is 10.1. The monoisotopic (exact) mass is 529 g/mol. The van der Waals surface area contributed by atoms with Gasteiger partial charge in [0.05, 0.1) is 50.0 Å². The first-order valence-corrected chi connectivity index (χ1v) is 12.7.